The second-order valence-corrected chi connectivity index (χ2v) is 5.07. The number of hydrogen-bond donors (Lipinski definition) is 2. The van der Waals surface area contributed by atoms with Crippen molar-refractivity contribution in [1.29, 1.82) is 0 Å². The summed E-state index contributed by atoms with van der Waals surface area (Å²) in [7, 11) is 0. The van der Waals surface area contributed by atoms with E-state index in [1.165, 1.54) is 6.39 Å². The third-order valence-corrected chi connectivity index (χ3v) is 3.41. The molecule has 2 N–H and O–H groups in total. The molecule has 1 aromatic heterocycles. The fourth-order valence-corrected chi connectivity index (χ4v) is 2.28. The van der Waals surface area contributed by atoms with Crippen LogP contribution in [0.2, 0.25) is 0 Å². The van der Waals surface area contributed by atoms with Crippen molar-refractivity contribution in [1.82, 2.24) is 15.6 Å². The Bertz CT molecular complexity index is 676. The van der Waals surface area contributed by atoms with Gasteiger partial charge in [-0.2, -0.15) is 0 Å². The van der Waals surface area contributed by atoms with Gasteiger partial charge >= 0.3 is 0 Å². The van der Waals surface area contributed by atoms with Crippen LogP contribution in [0.5, 0.6) is 0 Å². The first-order valence-corrected chi connectivity index (χ1v) is 6.71. The van der Waals surface area contributed by atoms with Crippen molar-refractivity contribution in [3.63, 3.8) is 0 Å². The van der Waals surface area contributed by atoms with Gasteiger partial charge in [0.05, 0.1) is 6.04 Å². The fraction of sp³-hybridized carbons (Fsp3) is 0.267. The van der Waals surface area contributed by atoms with Crippen LogP contribution in [0.25, 0.3) is 11.3 Å². The molecule has 2 heterocycles. The van der Waals surface area contributed by atoms with E-state index in [9.17, 15) is 9.59 Å². The first-order chi connectivity index (χ1) is 10.1. The Hall–Kier alpha value is -2.63. The van der Waals surface area contributed by atoms with Gasteiger partial charge in [-0.25, -0.2) is 4.98 Å². The van der Waals surface area contributed by atoms with E-state index in [4.69, 9.17) is 4.42 Å². The van der Waals surface area contributed by atoms with Crippen LogP contribution in [-0.2, 0) is 4.79 Å². The number of rotatable bonds is 3. The van der Waals surface area contributed by atoms with Crippen LogP contribution in [0.1, 0.15) is 22.5 Å². The van der Waals surface area contributed by atoms with Crippen LogP contribution in [0, 0.1) is 6.92 Å². The van der Waals surface area contributed by atoms with Gasteiger partial charge in [0.25, 0.3) is 5.91 Å². The smallest absolute Gasteiger partial charge is 0.274 e. The standard InChI is InChI=1S/C15H15N3O3/c1-9-2-4-10(5-3-9)14-13(17-8-21-14)15(20)18-11-6-12(19)16-7-11/h2-5,8,11H,6-7H2,1H3,(H,16,19)(H,18,20)/t11-/m0/s1. The number of carbonyl (C=O) groups excluding carboxylic acids is 2. The highest BCUT2D eigenvalue weighted by molar-refractivity contribution is 5.98. The molecule has 1 atom stereocenters. The highest BCUT2D eigenvalue weighted by atomic mass is 16.3. The zero-order valence-electron chi connectivity index (χ0n) is 11.6. The van der Waals surface area contributed by atoms with Gasteiger partial charge in [0.2, 0.25) is 5.91 Å². The first-order valence-electron chi connectivity index (χ1n) is 6.71. The number of benzene rings is 1. The second-order valence-electron chi connectivity index (χ2n) is 5.07. The first kappa shape index (κ1) is 13.4. The molecule has 0 bridgehead atoms. The Morgan fingerprint density at radius 3 is 2.81 bits per heavy atom. The van der Waals surface area contributed by atoms with Crippen molar-refractivity contribution < 1.29 is 14.0 Å². The highest BCUT2D eigenvalue weighted by Gasteiger charge is 2.26. The van der Waals surface area contributed by atoms with Crippen LogP contribution in [0.4, 0.5) is 0 Å². The Balaban J connectivity index is 1.80. The van der Waals surface area contributed by atoms with Gasteiger partial charge in [-0.15, -0.1) is 0 Å². The van der Waals surface area contributed by atoms with E-state index in [0.29, 0.717) is 18.7 Å². The molecule has 2 amide bonds. The molecule has 0 aliphatic carbocycles. The quantitative estimate of drug-likeness (QED) is 0.889. The van der Waals surface area contributed by atoms with E-state index in [2.05, 4.69) is 15.6 Å². The molecule has 6 heteroatoms. The molecule has 1 aliphatic heterocycles. The van der Waals surface area contributed by atoms with Gasteiger partial charge in [0.15, 0.2) is 17.8 Å². The third-order valence-electron chi connectivity index (χ3n) is 3.41. The maximum Gasteiger partial charge on any atom is 0.274 e. The molecule has 1 aromatic carbocycles. The van der Waals surface area contributed by atoms with Crippen LogP contribution in [-0.4, -0.2) is 29.4 Å². The minimum absolute atomic E-state index is 0.0563. The van der Waals surface area contributed by atoms with Gasteiger partial charge in [0.1, 0.15) is 0 Å². The number of aryl methyl sites for hydroxylation is 1. The number of amides is 2. The largest absolute Gasteiger partial charge is 0.443 e. The summed E-state index contributed by atoms with van der Waals surface area (Å²) >= 11 is 0. The maximum atomic E-state index is 12.3. The number of nitrogens with zero attached hydrogens (tertiary/aromatic N) is 1. The second kappa shape index (κ2) is 5.40. The molecular weight excluding hydrogens is 270 g/mol. The maximum absolute atomic E-state index is 12.3. The number of oxazole rings is 1. The SMILES string of the molecule is Cc1ccc(-c2ocnc2C(=O)N[C@@H]2CNC(=O)C2)cc1. The highest BCUT2D eigenvalue weighted by Crippen LogP contribution is 2.23. The molecule has 0 unspecified atom stereocenters. The lowest BCUT2D eigenvalue weighted by Gasteiger charge is -2.09. The molecule has 0 saturated carbocycles. The van der Waals surface area contributed by atoms with Crippen molar-refractivity contribution in [3.05, 3.63) is 41.9 Å². The molecule has 21 heavy (non-hydrogen) atoms. The van der Waals surface area contributed by atoms with Crippen LogP contribution < -0.4 is 10.6 Å². The molecule has 0 spiro atoms. The average molecular weight is 285 g/mol. The lowest BCUT2D eigenvalue weighted by Crippen LogP contribution is -2.36. The van der Waals surface area contributed by atoms with E-state index in [1.54, 1.807) is 0 Å². The minimum Gasteiger partial charge on any atom is -0.443 e. The van der Waals surface area contributed by atoms with Gasteiger partial charge in [-0.3, -0.25) is 9.59 Å². The summed E-state index contributed by atoms with van der Waals surface area (Å²) in [5.74, 6) is 0.0461. The molecule has 1 saturated heterocycles. The third kappa shape index (κ3) is 2.79. The Labute approximate surface area is 121 Å². The van der Waals surface area contributed by atoms with Gasteiger partial charge in [-0.1, -0.05) is 29.8 Å². The van der Waals surface area contributed by atoms with Crippen molar-refractivity contribution in [2.24, 2.45) is 0 Å². The van der Waals surface area contributed by atoms with Crippen LogP contribution in [0.15, 0.2) is 35.1 Å². The monoisotopic (exact) mass is 285 g/mol. The molecule has 2 aromatic rings. The van der Waals surface area contributed by atoms with Crippen molar-refractivity contribution in [2.45, 2.75) is 19.4 Å². The van der Waals surface area contributed by atoms with Crippen molar-refractivity contribution >= 4 is 11.8 Å². The average Bonchev–Trinajstić information content (AvgIpc) is 3.09. The Morgan fingerprint density at radius 2 is 2.14 bits per heavy atom. The molecule has 0 radical (unpaired) electrons. The number of nitrogens with one attached hydrogen (secondary N) is 2. The molecule has 1 aliphatic rings. The topological polar surface area (TPSA) is 84.2 Å². The lowest BCUT2D eigenvalue weighted by atomic mass is 10.1. The summed E-state index contributed by atoms with van der Waals surface area (Å²) in [5, 5.41) is 5.46. The Morgan fingerprint density at radius 1 is 1.38 bits per heavy atom. The normalized spacial score (nSPS) is 17.6. The van der Waals surface area contributed by atoms with Crippen molar-refractivity contribution in [3.8, 4) is 11.3 Å². The summed E-state index contributed by atoms with van der Waals surface area (Å²) in [6.07, 6.45) is 1.55. The summed E-state index contributed by atoms with van der Waals surface area (Å²) in [6.45, 7) is 2.43. The summed E-state index contributed by atoms with van der Waals surface area (Å²) in [6, 6.07) is 7.45. The summed E-state index contributed by atoms with van der Waals surface area (Å²) in [5.41, 5.74) is 2.15. The number of hydrogen-bond acceptors (Lipinski definition) is 4. The van der Waals surface area contributed by atoms with Crippen LogP contribution >= 0.6 is 0 Å². The minimum atomic E-state index is -0.333. The molecule has 1 fully saturated rings. The number of carbonyl (C=O) groups is 2. The van der Waals surface area contributed by atoms with E-state index >= 15 is 0 Å². The molecular formula is C15H15N3O3. The molecule has 108 valence electrons. The van der Waals surface area contributed by atoms with Gasteiger partial charge in [0, 0.05) is 18.5 Å². The molecule has 3 rings (SSSR count). The van der Waals surface area contributed by atoms with E-state index in [1.807, 2.05) is 31.2 Å². The van der Waals surface area contributed by atoms with Crippen molar-refractivity contribution in [2.75, 3.05) is 6.54 Å². The predicted octanol–water partition coefficient (Wildman–Crippen LogP) is 1.27. The van der Waals surface area contributed by atoms with Crippen LogP contribution in [0.3, 0.4) is 0 Å². The summed E-state index contributed by atoms with van der Waals surface area (Å²) < 4.78 is 5.34. The van der Waals surface area contributed by atoms with E-state index in [-0.39, 0.29) is 23.6 Å². The van der Waals surface area contributed by atoms with E-state index in [0.717, 1.165) is 11.1 Å². The fourth-order valence-electron chi connectivity index (χ4n) is 2.28. The molecule has 6 nitrogen and oxygen atoms in total. The van der Waals surface area contributed by atoms with E-state index < -0.39 is 0 Å². The number of aromatic nitrogens is 1. The van der Waals surface area contributed by atoms with Gasteiger partial charge in [-0.05, 0) is 6.92 Å². The zero-order chi connectivity index (χ0) is 14.8. The predicted molar refractivity (Wildman–Crippen MR) is 75.6 cm³/mol. The lowest BCUT2D eigenvalue weighted by molar-refractivity contribution is -0.119. The van der Waals surface area contributed by atoms with Gasteiger partial charge < -0.3 is 15.1 Å². The summed E-state index contributed by atoms with van der Waals surface area (Å²) in [4.78, 5) is 27.4. The zero-order valence-corrected chi connectivity index (χ0v) is 11.6. The Kier molecular flexibility index (Phi) is 3.43.